The summed E-state index contributed by atoms with van der Waals surface area (Å²) in [7, 11) is 5.91. The summed E-state index contributed by atoms with van der Waals surface area (Å²) in [5.41, 5.74) is 0. The number of hydrogen-bond donors (Lipinski definition) is 0. The van der Waals surface area contributed by atoms with E-state index in [2.05, 4.69) is 32.0 Å². The van der Waals surface area contributed by atoms with Crippen LogP contribution in [-0.4, -0.2) is 37.9 Å². The average molecular weight is 225 g/mol. The lowest BCUT2D eigenvalue weighted by Crippen LogP contribution is -2.21. The molecule has 1 rings (SSSR count). The molecule has 1 aromatic rings. The van der Waals surface area contributed by atoms with Gasteiger partial charge in [0.05, 0.1) is 7.11 Å². The van der Waals surface area contributed by atoms with Crippen LogP contribution >= 0.6 is 11.8 Å². The lowest BCUT2D eigenvalue weighted by atomic mass is 10.3. The fourth-order valence-corrected chi connectivity index (χ4v) is 2.72. The molecule has 0 fully saturated rings. The molecule has 1 aromatic carbocycles. The predicted octanol–water partition coefficient (Wildman–Crippen LogP) is 2.74. The van der Waals surface area contributed by atoms with Crippen LogP contribution in [0.5, 0.6) is 5.75 Å². The maximum absolute atomic E-state index is 5.32. The Morgan fingerprint density at radius 1 is 1.33 bits per heavy atom. The van der Waals surface area contributed by atoms with Crippen molar-refractivity contribution >= 4 is 11.8 Å². The minimum Gasteiger partial charge on any atom is -0.496 e. The first-order valence-corrected chi connectivity index (χ1v) is 5.96. The van der Waals surface area contributed by atoms with Crippen LogP contribution in [-0.2, 0) is 0 Å². The summed E-state index contributed by atoms with van der Waals surface area (Å²) in [6, 6.07) is 8.16. The van der Waals surface area contributed by atoms with Crippen LogP contribution in [0.4, 0.5) is 0 Å². The number of benzene rings is 1. The molecule has 0 aliphatic carbocycles. The van der Waals surface area contributed by atoms with E-state index in [0.29, 0.717) is 5.25 Å². The molecule has 84 valence electrons. The van der Waals surface area contributed by atoms with Gasteiger partial charge in [-0.15, -0.1) is 11.8 Å². The third kappa shape index (κ3) is 4.14. The van der Waals surface area contributed by atoms with Crippen molar-refractivity contribution in [3.63, 3.8) is 0 Å². The highest BCUT2D eigenvalue weighted by atomic mass is 32.2. The van der Waals surface area contributed by atoms with Crippen molar-refractivity contribution in [2.24, 2.45) is 0 Å². The van der Waals surface area contributed by atoms with Gasteiger partial charge in [0.1, 0.15) is 5.75 Å². The fourth-order valence-electron chi connectivity index (χ4n) is 1.48. The maximum atomic E-state index is 5.32. The highest BCUT2D eigenvalue weighted by Gasteiger charge is 2.08. The zero-order valence-corrected chi connectivity index (χ0v) is 10.7. The van der Waals surface area contributed by atoms with E-state index >= 15 is 0 Å². The van der Waals surface area contributed by atoms with E-state index in [-0.39, 0.29) is 0 Å². The zero-order chi connectivity index (χ0) is 11.3. The van der Waals surface area contributed by atoms with E-state index < -0.39 is 0 Å². The first-order chi connectivity index (χ1) is 7.13. The van der Waals surface area contributed by atoms with E-state index in [4.69, 9.17) is 4.74 Å². The molecule has 3 heteroatoms. The molecule has 0 radical (unpaired) electrons. The average Bonchev–Trinajstić information content (AvgIpc) is 2.17. The summed E-state index contributed by atoms with van der Waals surface area (Å²) in [6.07, 6.45) is 0. The third-order valence-corrected chi connectivity index (χ3v) is 3.16. The monoisotopic (exact) mass is 225 g/mol. The van der Waals surface area contributed by atoms with Crippen LogP contribution in [0.15, 0.2) is 29.2 Å². The van der Waals surface area contributed by atoms with Gasteiger partial charge in [0, 0.05) is 16.7 Å². The number of ether oxygens (including phenoxy) is 1. The summed E-state index contributed by atoms with van der Waals surface area (Å²) < 4.78 is 5.32. The molecule has 0 aliphatic heterocycles. The zero-order valence-electron chi connectivity index (χ0n) is 9.86. The lowest BCUT2D eigenvalue weighted by molar-refractivity contribution is 0.403. The predicted molar refractivity (Wildman–Crippen MR) is 66.9 cm³/mol. The molecule has 0 saturated heterocycles. The molecule has 0 bridgehead atoms. The normalized spacial score (nSPS) is 12.9. The van der Waals surface area contributed by atoms with Crippen molar-refractivity contribution in [3.05, 3.63) is 24.3 Å². The van der Waals surface area contributed by atoms with Gasteiger partial charge in [0.25, 0.3) is 0 Å². The van der Waals surface area contributed by atoms with Crippen molar-refractivity contribution in [3.8, 4) is 5.75 Å². The number of hydrogen-bond acceptors (Lipinski definition) is 3. The first kappa shape index (κ1) is 12.4. The van der Waals surface area contributed by atoms with Crippen molar-refractivity contribution in [2.45, 2.75) is 17.1 Å². The van der Waals surface area contributed by atoms with Crippen LogP contribution in [0.25, 0.3) is 0 Å². The Hall–Kier alpha value is -0.670. The van der Waals surface area contributed by atoms with Crippen LogP contribution in [0.2, 0.25) is 0 Å². The van der Waals surface area contributed by atoms with Crippen molar-refractivity contribution in [2.75, 3.05) is 27.7 Å². The van der Waals surface area contributed by atoms with E-state index in [1.54, 1.807) is 7.11 Å². The van der Waals surface area contributed by atoms with E-state index in [0.717, 1.165) is 12.3 Å². The quantitative estimate of drug-likeness (QED) is 0.715. The van der Waals surface area contributed by atoms with Gasteiger partial charge in [-0.05, 0) is 26.2 Å². The Kier molecular flexibility index (Phi) is 4.99. The summed E-state index contributed by atoms with van der Waals surface area (Å²) >= 11 is 1.86. The Morgan fingerprint density at radius 3 is 2.60 bits per heavy atom. The second kappa shape index (κ2) is 6.03. The summed E-state index contributed by atoms with van der Waals surface area (Å²) in [6.45, 7) is 3.31. The number of rotatable bonds is 5. The molecule has 1 unspecified atom stereocenters. The van der Waals surface area contributed by atoms with Gasteiger partial charge in [-0.2, -0.15) is 0 Å². The third-order valence-electron chi connectivity index (χ3n) is 2.02. The van der Waals surface area contributed by atoms with Gasteiger partial charge in [-0.3, -0.25) is 0 Å². The molecule has 2 nitrogen and oxygen atoms in total. The second-order valence-corrected chi connectivity index (χ2v) is 5.32. The molecule has 0 saturated carbocycles. The van der Waals surface area contributed by atoms with Crippen molar-refractivity contribution in [1.82, 2.24) is 4.90 Å². The van der Waals surface area contributed by atoms with Crippen molar-refractivity contribution in [1.29, 1.82) is 0 Å². The summed E-state index contributed by atoms with van der Waals surface area (Å²) in [4.78, 5) is 3.42. The highest BCUT2D eigenvalue weighted by Crippen LogP contribution is 2.31. The first-order valence-electron chi connectivity index (χ1n) is 5.08. The number of methoxy groups -OCH3 is 1. The topological polar surface area (TPSA) is 12.5 Å². The van der Waals surface area contributed by atoms with E-state index in [1.165, 1.54) is 4.90 Å². The molecular weight excluding hydrogens is 206 g/mol. The summed E-state index contributed by atoms with van der Waals surface area (Å²) in [5, 5.41) is 0.566. The van der Waals surface area contributed by atoms with Gasteiger partial charge in [0.15, 0.2) is 0 Å². The van der Waals surface area contributed by atoms with E-state index in [9.17, 15) is 0 Å². The molecule has 15 heavy (non-hydrogen) atoms. The van der Waals surface area contributed by atoms with Crippen LogP contribution in [0.3, 0.4) is 0 Å². The maximum Gasteiger partial charge on any atom is 0.132 e. The van der Waals surface area contributed by atoms with Gasteiger partial charge in [0.2, 0.25) is 0 Å². The number of nitrogens with zero attached hydrogens (tertiary/aromatic N) is 1. The molecule has 0 aromatic heterocycles. The summed E-state index contributed by atoms with van der Waals surface area (Å²) in [5.74, 6) is 0.966. The number of thioether (sulfide) groups is 1. The molecule has 0 amide bonds. The van der Waals surface area contributed by atoms with Crippen LogP contribution in [0.1, 0.15) is 6.92 Å². The van der Waals surface area contributed by atoms with Gasteiger partial charge < -0.3 is 9.64 Å². The van der Waals surface area contributed by atoms with Crippen LogP contribution in [0, 0.1) is 0 Å². The largest absolute Gasteiger partial charge is 0.496 e. The molecule has 0 heterocycles. The highest BCUT2D eigenvalue weighted by molar-refractivity contribution is 8.00. The Balaban J connectivity index is 2.63. The standard InChI is InChI=1S/C12H19NOS/c1-10(9-13(2)3)15-12-8-6-5-7-11(12)14-4/h5-8,10H,9H2,1-4H3. The Morgan fingerprint density at radius 2 is 2.00 bits per heavy atom. The van der Waals surface area contributed by atoms with E-state index in [1.807, 2.05) is 30.0 Å². The molecule has 0 spiro atoms. The van der Waals surface area contributed by atoms with Crippen molar-refractivity contribution < 1.29 is 4.74 Å². The second-order valence-electron chi connectivity index (χ2n) is 3.84. The Labute approximate surface area is 96.6 Å². The minimum absolute atomic E-state index is 0.566. The van der Waals surface area contributed by atoms with Crippen LogP contribution < -0.4 is 4.74 Å². The SMILES string of the molecule is COc1ccccc1SC(C)CN(C)C. The van der Waals surface area contributed by atoms with Gasteiger partial charge in [-0.1, -0.05) is 19.1 Å². The number of para-hydroxylation sites is 1. The minimum atomic E-state index is 0.566. The Bertz CT molecular complexity index is 301. The molecule has 0 N–H and O–H groups in total. The molecule has 1 atom stereocenters. The molecular formula is C12H19NOS. The van der Waals surface area contributed by atoms with Gasteiger partial charge >= 0.3 is 0 Å². The lowest BCUT2D eigenvalue weighted by Gasteiger charge is -2.17. The fraction of sp³-hybridized carbons (Fsp3) is 0.500. The van der Waals surface area contributed by atoms with Gasteiger partial charge in [-0.25, -0.2) is 0 Å². The molecule has 0 aliphatic rings. The smallest absolute Gasteiger partial charge is 0.132 e.